The van der Waals surface area contributed by atoms with E-state index >= 15 is 0 Å². The van der Waals surface area contributed by atoms with E-state index in [1.165, 1.54) is 12.1 Å². The molecule has 2 aromatic rings. The summed E-state index contributed by atoms with van der Waals surface area (Å²) in [6, 6.07) is 2.71. The minimum atomic E-state index is -0.295. The summed E-state index contributed by atoms with van der Waals surface area (Å²) in [5.41, 5.74) is 1.45. The number of aromatic nitrogens is 1. The van der Waals surface area contributed by atoms with Gasteiger partial charge >= 0.3 is 0 Å². The number of aromatic hydroxyl groups is 1. The lowest BCUT2D eigenvalue weighted by Gasteiger charge is -2.08. The molecule has 100 valence electrons. The number of likely N-dealkylation sites (N-methyl/N-ethyl adjacent to an activating group) is 1. The van der Waals surface area contributed by atoms with Crippen LogP contribution in [0.15, 0.2) is 18.3 Å². The number of phenols is 1. The molecule has 0 radical (unpaired) electrons. The molecule has 0 saturated heterocycles. The Balaban J connectivity index is 0.00000162. The molecule has 18 heavy (non-hydrogen) atoms. The third-order valence-electron chi connectivity index (χ3n) is 2.96. The Bertz CT molecular complexity index is 546. The van der Waals surface area contributed by atoms with E-state index in [0.717, 1.165) is 18.5 Å². The van der Waals surface area contributed by atoms with E-state index < -0.39 is 0 Å². The summed E-state index contributed by atoms with van der Waals surface area (Å²) in [5.74, 6) is -0.146. The molecule has 0 spiro atoms. The summed E-state index contributed by atoms with van der Waals surface area (Å²) in [7, 11) is 5.78. The van der Waals surface area contributed by atoms with Crippen molar-refractivity contribution in [1.29, 1.82) is 0 Å². The second-order valence-corrected chi connectivity index (χ2v) is 4.61. The van der Waals surface area contributed by atoms with Crippen LogP contribution in [0, 0.1) is 5.82 Å². The highest BCUT2D eigenvalue weighted by Gasteiger charge is 2.14. The molecule has 3 nitrogen and oxygen atoms in total. The number of phenolic OH excluding ortho intramolecular Hbond substituents is 1. The standard InChI is InChI=1S/C13H17FN2O.CH4/c1-15(2)7-6-9-8-16(3)13-10(14)4-5-11(17)12(9)13;/h4-5,8,17H,6-7H2,1-3H3;1H4. The Morgan fingerprint density at radius 2 is 2.00 bits per heavy atom. The van der Waals surface area contributed by atoms with Crippen LogP contribution in [0.25, 0.3) is 10.9 Å². The number of halogens is 1. The first-order valence-corrected chi connectivity index (χ1v) is 5.61. The van der Waals surface area contributed by atoms with Gasteiger partial charge in [0.05, 0.1) is 5.52 Å². The van der Waals surface area contributed by atoms with Crippen molar-refractivity contribution in [2.24, 2.45) is 7.05 Å². The molecule has 0 atom stereocenters. The highest BCUT2D eigenvalue weighted by Crippen LogP contribution is 2.31. The molecule has 4 heteroatoms. The Hall–Kier alpha value is -1.55. The zero-order valence-corrected chi connectivity index (χ0v) is 10.4. The van der Waals surface area contributed by atoms with E-state index in [0.29, 0.717) is 10.9 Å². The summed E-state index contributed by atoms with van der Waals surface area (Å²) in [6.45, 7) is 0.870. The number of rotatable bonds is 3. The molecule has 0 fully saturated rings. The van der Waals surface area contributed by atoms with Crippen LogP contribution >= 0.6 is 0 Å². The van der Waals surface area contributed by atoms with Gasteiger partial charge in [-0.05, 0) is 38.2 Å². The molecule has 0 aliphatic heterocycles. The summed E-state index contributed by atoms with van der Waals surface area (Å²) in [4.78, 5) is 2.06. The second kappa shape index (κ2) is 5.40. The normalized spacial score (nSPS) is 10.9. The fraction of sp³-hybridized carbons (Fsp3) is 0.429. The highest BCUT2D eigenvalue weighted by molar-refractivity contribution is 5.90. The predicted molar refractivity (Wildman–Crippen MR) is 73.5 cm³/mol. The highest BCUT2D eigenvalue weighted by atomic mass is 19.1. The maximum absolute atomic E-state index is 13.7. The topological polar surface area (TPSA) is 28.4 Å². The molecule has 0 unspecified atom stereocenters. The first kappa shape index (κ1) is 14.5. The molecule has 0 bridgehead atoms. The number of hydrogen-bond acceptors (Lipinski definition) is 2. The smallest absolute Gasteiger partial charge is 0.147 e. The van der Waals surface area contributed by atoms with E-state index in [1.807, 2.05) is 20.3 Å². The van der Waals surface area contributed by atoms with Crippen molar-refractivity contribution in [3.8, 4) is 5.75 Å². The molecule has 0 amide bonds. The fourth-order valence-electron chi connectivity index (χ4n) is 2.11. The van der Waals surface area contributed by atoms with Crippen LogP contribution in [0.4, 0.5) is 4.39 Å². The van der Waals surface area contributed by atoms with E-state index in [4.69, 9.17) is 0 Å². The van der Waals surface area contributed by atoms with Gasteiger partial charge in [0.1, 0.15) is 11.6 Å². The van der Waals surface area contributed by atoms with Crippen LogP contribution in [-0.2, 0) is 13.5 Å². The van der Waals surface area contributed by atoms with Gasteiger partial charge < -0.3 is 14.6 Å². The molecule has 0 saturated carbocycles. The van der Waals surface area contributed by atoms with E-state index in [1.54, 1.807) is 11.6 Å². The molecule has 0 aliphatic rings. The Morgan fingerprint density at radius 3 is 2.61 bits per heavy atom. The summed E-state index contributed by atoms with van der Waals surface area (Å²) >= 11 is 0. The maximum atomic E-state index is 13.7. The quantitative estimate of drug-likeness (QED) is 0.910. The first-order chi connectivity index (χ1) is 8.00. The van der Waals surface area contributed by atoms with Crippen LogP contribution in [0.5, 0.6) is 5.75 Å². The lowest BCUT2D eigenvalue weighted by molar-refractivity contribution is 0.413. The van der Waals surface area contributed by atoms with Crippen LogP contribution < -0.4 is 0 Å². The van der Waals surface area contributed by atoms with Gasteiger partial charge in [-0.3, -0.25) is 0 Å². The van der Waals surface area contributed by atoms with Crippen LogP contribution in [0.3, 0.4) is 0 Å². The molecular formula is C14H21FN2O. The molecule has 0 aliphatic carbocycles. The second-order valence-electron chi connectivity index (χ2n) is 4.61. The Morgan fingerprint density at radius 1 is 1.33 bits per heavy atom. The molecular weight excluding hydrogens is 231 g/mol. The lowest BCUT2D eigenvalue weighted by Crippen LogP contribution is -2.14. The van der Waals surface area contributed by atoms with Crippen LogP contribution in [0.2, 0.25) is 0 Å². The minimum absolute atomic E-state index is 0. The fourth-order valence-corrected chi connectivity index (χ4v) is 2.11. The number of nitrogens with zero attached hydrogens (tertiary/aromatic N) is 2. The van der Waals surface area contributed by atoms with Crippen LogP contribution in [0.1, 0.15) is 13.0 Å². The largest absolute Gasteiger partial charge is 0.507 e. The number of hydrogen-bond donors (Lipinski definition) is 1. The summed E-state index contributed by atoms with van der Waals surface area (Å²) < 4.78 is 15.4. The zero-order chi connectivity index (χ0) is 12.6. The van der Waals surface area contributed by atoms with Crippen molar-refractivity contribution in [3.63, 3.8) is 0 Å². The average Bonchev–Trinajstić information content (AvgIpc) is 2.59. The number of aryl methyl sites for hydroxylation is 1. The lowest BCUT2D eigenvalue weighted by atomic mass is 10.1. The van der Waals surface area contributed by atoms with Gasteiger partial charge in [0.15, 0.2) is 0 Å². The number of fused-ring (bicyclic) bond motifs is 1. The SMILES string of the molecule is C.CN(C)CCc1cn(C)c2c(F)ccc(O)c12. The maximum Gasteiger partial charge on any atom is 0.147 e. The third kappa shape index (κ3) is 2.48. The van der Waals surface area contributed by atoms with Gasteiger partial charge in [-0.1, -0.05) is 7.43 Å². The first-order valence-electron chi connectivity index (χ1n) is 5.61. The monoisotopic (exact) mass is 252 g/mol. The van der Waals surface area contributed by atoms with Gasteiger partial charge in [-0.15, -0.1) is 0 Å². The Kier molecular flexibility index (Phi) is 4.35. The van der Waals surface area contributed by atoms with Crippen molar-refractivity contribution in [1.82, 2.24) is 9.47 Å². The third-order valence-corrected chi connectivity index (χ3v) is 2.96. The van der Waals surface area contributed by atoms with Crippen molar-refractivity contribution in [2.45, 2.75) is 13.8 Å². The van der Waals surface area contributed by atoms with Gasteiger partial charge in [-0.25, -0.2) is 4.39 Å². The minimum Gasteiger partial charge on any atom is -0.507 e. The van der Waals surface area contributed by atoms with Gasteiger partial charge in [0.25, 0.3) is 0 Å². The van der Waals surface area contributed by atoms with Gasteiger partial charge in [0, 0.05) is 25.2 Å². The molecule has 1 aromatic heterocycles. The zero-order valence-electron chi connectivity index (χ0n) is 10.4. The van der Waals surface area contributed by atoms with Crippen molar-refractivity contribution < 1.29 is 9.50 Å². The molecule has 1 N–H and O–H groups in total. The van der Waals surface area contributed by atoms with Gasteiger partial charge in [0.2, 0.25) is 0 Å². The predicted octanol–water partition coefficient (Wildman–Crippen LogP) is 2.76. The number of benzene rings is 1. The van der Waals surface area contributed by atoms with Crippen molar-refractivity contribution >= 4 is 10.9 Å². The summed E-state index contributed by atoms with van der Waals surface area (Å²) in [5, 5.41) is 10.5. The molecule has 1 aromatic carbocycles. The van der Waals surface area contributed by atoms with Crippen LogP contribution in [-0.4, -0.2) is 35.2 Å². The van der Waals surface area contributed by atoms with E-state index in [9.17, 15) is 9.50 Å². The van der Waals surface area contributed by atoms with Crippen molar-refractivity contribution in [3.05, 3.63) is 29.7 Å². The van der Waals surface area contributed by atoms with Gasteiger partial charge in [-0.2, -0.15) is 0 Å². The summed E-state index contributed by atoms with van der Waals surface area (Å²) in [6.07, 6.45) is 2.68. The van der Waals surface area contributed by atoms with E-state index in [-0.39, 0.29) is 19.0 Å². The van der Waals surface area contributed by atoms with Crippen molar-refractivity contribution in [2.75, 3.05) is 20.6 Å². The molecule has 1 heterocycles. The average molecular weight is 252 g/mol. The Labute approximate surface area is 107 Å². The van der Waals surface area contributed by atoms with E-state index in [2.05, 4.69) is 4.90 Å². The molecule has 2 rings (SSSR count).